The van der Waals surface area contributed by atoms with Crippen LogP contribution in [0.5, 0.6) is 0 Å². The van der Waals surface area contributed by atoms with E-state index in [1.165, 1.54) is 44.9 Å². The number of carboxylic acid groups (broad SMARTS) is 3. The maximum absolute atomic E-state index is 12.7. The summed E-state index contributed by atoms with van der Waals surface area (Å²) in [5, 5.41) is 46.7. The van der Waals surface area contributed by atoms with Crippen LogP contribution in [0.4, 0.5) is 0 Å². The van der Waals surface area contributed by atoms with Crippen molar-refractivity contribution < 1.29 is 53.7 Å². The summed E-state index contributed by atoms with van der Waals surface area (Å²) in [5.74, 6) is -3.77. The molecular weight excluding hydrogens is 908 g/mol. The van der Waals surface area contributed by atoms with Gasteiger partial charge in [-0.05, 0) is 91.1 Å². The van der Waals surface area contributed by atoms with Gasteiger partial charge < -0.3 is 57.2 Å². The van der Waals surface area contributed by atoms with E-state index >= 15 is 0 Å². The second kappa shape index (κ2) is 53.8. The molecule has 410 valence electrons. The highest BCUT2D eigenvalue weighted by atomic mass is 16.4. The van der Waals surface area contributed by atoms with Crippen molar-refractivity contribution in [3.63, 3.8) is 0 Å². The van der Waals surface area contributed by atoms with Crippen LogP contribution in [-0.4, -0.2) is 136 Å². The van der Waals surface area contributed by atoms with E-state index in [9.17, 15) is 43.5 Å². The average molecular weight is 1010 g/mol. The lowest BCUT2D eigenvalue weighted by atomic mass is 9.92. The highest BCUT2D eigenvalue weighted by molar-refractivity contribution is 6.58. The van der Waals surface area contributed by atoms with Crippen molar-refractivity contribution in [1.82, 2.24) is 37.1 Å². The quantitative estimate of drug-likeness (QED) is 0.0240. The molecule has 20 heteroatoms. The Morgan fingerprint density at radius 2 is 0.761 bits per heavy atom. The number of rotatable bonds is 44. The number of likely N-dealkylation sites (N-methyl/N-ethyl adjacent to an activating group) is 2. The van der Waals surface area contributed by atoms with Gasteiger partial charge in [0.15, 0.2) is 15.8 Å². The standard InChI is InChI=1S/C43H80BN7O10.C4H7BO.2C2H6/c1-45-33(40(56)48-31-21-18-24-34(46-2)41(57)49-32-22-19-25-36(51-44)43(60)61)23-17-20-30-47-37(52)29-28-35(42(58)59)50-38(53)26-15-13-11-9-7-5-3-4-6-8-10-12-14-16-27-39(54)55;1-3(2)4(5)6;2*1-2/h33-36,45-46,51H,3-32H2,1-2H3,(H,47,52)(H,48,56)(H,49,57)(H,50,53)(H,54,55)(H,58,59)(H,60,61);3H,1-2H3;2*1-2H3/t33-,34?,35?,36?;;;/m0.../s1. The Bertz CT molecular complexity index is 1380. The number of hydrogen-bond donors (Lipinski definition) is 10. The van der Waals surface area contributed by atoms with Crippen molar-refractivity contribution in [3.8, 4) is 0 Å². The molecule has 4 amide bonds. The molecule has 3 unspecified atom stereocenters. The van der Waals surface area contributed by atoms with E-state index < -0.39 is 36.0 Å². The molecule has 0 saturated carbocycles. The fraction of sp³-hybridized carbons (Fsp3) is 0.843. The van der Waals surface area contributed by atoms with E-state index in [2.05, 4.69) is 37.1 Å². The van der Waals surface area contributed by atoms with Crippen LogP contribution in [-0.2, 0) is 38.4 Å². The predicted molar refractivity (Wildman–Crippen MR) is 285 cm³/mol. The van der Waals surface area contributed by atoms with Crippen LogP contribution < -0.4 is 37.1 Å². The molecule has 0 aliphatic carbocycles. The van der Waals surface area contributed by atoms with Gasteiger partial charge in [0, 0.05) is 44.8 Å². The zero-order chi connectivity index (χ0) is 54.7. The Labute approximate surface area is 431 Å². The molecular formula is C51H99B2N7O11. The number of nitrogens with one attached hydrogen (secondary N) is 7. The largest absolute Gasteiger partial charge is 0.481 e. The van der Waals surface area contributed by atoms with Crippen molar-refractivity contribution in [2.75, 3.05) is 33.7 Å². The zero-order valence-corrected chi connectivity index (χ0v) is 45.4. The number of unbranched alkanes of at least 4 members (excludes halogenated alkanes) is 16. The first-order valence-electron chi connectivity index (χ1n) is 26.9. The number of aliphatic carboxylic acids is 3. The number of carbonyl (C=O) groups is 8. The van der Waals surface area contributed by atoms with Crippen LogP contribution in [0.15, 0.2) is 0 Å². The van der Waals surface area contributed by atoms with Gasteiger partial charge in [0.1, 0.15) is 6.04 Å². The van der Waals surface area contributed by atoms with Crippen molar-refractivity contribution in [2.45, 2.75) is 239 Å². The molecule has 0 aromatic carbocycles. The smallest absolute Gasteiger partial charge is 0.326 e. The molecule has 4 radical (unpaired) electrons. The number of amides is 4. The van der Waals surface area contributed by atoms with Crippen molar-refractivity contribution in [2.24, 2.45) is 5.92 Å². The summed E-state index contributed by atoms with van der Waals surface area (Å²) in [4.78, 5) is 93.2. The zero-order valence-electron chi connectivity index (χ0n) is 45.4. The summed E-state index contributed by atoms with van der Waals surface area (Å²) in [5.41, 5.74) is -0.241. The monoisotopic (exact) mass is 1010 g/mol. The van der Waals surface area contributed by atoms with Crippen LogP contribution in [0.25, 0.3) is 0 Å². The first-order valence-corrected chi connectivity index (χ1v) is 26.9. The van der Waals surface area contributed by atoms with Gasteiger partial charge in [0.25, 0.3) is 0 Å². The average Bonchev–Trinajstić information content (AvgIpc) is 3.34. The Morgan fingerprint density at radius 3 is 1.08 bits per heavy atom. The van der Waals surface area contributed by atoms with Gasteiger partial charge in [0.05, 0.1) is 23.8 Å². The van der Waals surface area contributed by atoms with Gasteiger partial charge in [-0.25, -0.2) is 4.79 Å². The SMILES string of the molecule is CC.CC.[B]C(=O)C(C)C.[B]NC(CCCCNC(=O)C(CCCCNC(=O)[C@H](CCCCNC(=O)CCC(NC(=O)CCCCCCCCCCCCCCCCC(=O)O)C(=O)O)NC)NC)C(=O)O. The van der Waals surface area contributed by atoms with Gasteiger partial charge in [-0.15, -0.1) is 0 Å². The van der Waals surface area contributed by atoms with Crippen molar-refractivity contribution in [3.05, 3.63) is 0 Å². The van der Waals surface area contributed by atoms with Crippen LogP contribution >= 0.6 is 0 Å². The van der Waals surface area contributed by atoms with Gasteiger partial charge in [0.2, 0.25) is 23.6 Å². The minimum absolute atomic E-state index is 0.00335. The number of carbonyl (C=O) groups excluding carboxylic acids is 5. The third-order valence-corrected chi connectivity index (χ3v) is 11.4. The highest BCUT2D eigenvalue weighted by Crippen LogP contribution is 2.14. The Balaban J connectivity index is -0.00000205. The lowest BCUT2D eigenvalue weighted by molar-refractivity contribution is -0.142. The highest BCUT2D eigenvalue weighted by Gasteiger charge is 2.21. The van der Waals surface area contributed by atoms with Gasteiger partial charge >= 0.3 is 17.9 Å². The summed E-state index contributed by atoms with van der Waals surface area (Å²) in [6.45, 7) is 12.8. The summed E-state index contributed by atoms with van der Waals surface area (Å²) >= 11 is 0. The van der Waals surface area contributed by atoms with Crippen molar-refractivity contribution in [1.29, 1.82) is 0 Å². The molecule has 0 aromatic rings. The van der Waals surface area contributed by atoms with E-state index in [4.69, 9.17) is 26.0 Å². The van der Waals surface area contributed by atoms with Crippen LogP contribution in [0.1, 0.15) is 215 Å². The molecule has 0 fully saturated rings. The minimum atomic E-state index is -1.17. The van der Waals surface area contributed by atoms with E-state index in [0.717, 1.165) is 44.9 Å². The summed E-state index contributed by atoms with van der Waals surface area (Å²) < 4.78 is 0. The molecule has 0 aliphatic rings. The van der Waals surface area contributed by atoms with E-state index in [-0.39, 0.29) is 67.0 Å². The molecule has 0 spiro atoms. The molecule has 0 heterocycles. The maximum Gasteiger partial charge on any atom is 0.326 e. The predicted octanol–water partition coefficient (Wildman–Crippen LogP) is 6.21. The number of carboxylic acids is 3. The fourth-order valence-corrected chi connectivity index (χ4v) is 6.98. The lowest BCUT2D eigenvalue weighted by Crippen LogP contribution is -2.44. The summed E-state index contributed by atoms with van der Waals surface area (Å²) in [6.07, 6.45) is 21.1. The third kappa shape index (κ3) is 49.3. The molecule has 0 saturated heterocycles. The Kier molecular flexibility index (Phi) is 55.7. The Morgan fingerprint density at radius 1 is 0.423 bits per heavy atom. The molecule has 0 aromatic heterocycles. The van der Waals surface area contributed by atoms with Crippen LogP contribution in [0.2, 0.25) is 0 Å². The van der Waals surface area contributed by atoms with E-state index in [1.807, 2.05) is 27.7 Å². The first-order chi connectivity index (χ1) is 34.0. The van der Waals surface area contributed by atoms with Gasteiger partial charge in [-0.1, -0.05) is 119 Å². The number of hydrogen-bond acceptors (Lipinski definition) is 11. The molecule has 10 N–H and O–H groups in total. The van der Waals surface area contributed by atoms with Gasteiger partial charge in [-0.3, -0.25) is 28.8 Å². The van der Waals surface area contributed by atoms with E-state index in [0.29, 0.717) is 77.4 Å². The fourth-order valence-electron chi connectivity index (χ4n) is 6.98. The van der Waals surface area contributed by atoms with Crippen LogP contribution in [0, 0.1) is 5.92 Å². The van der Waals surface area contributed by atoms with Crippen LogP contribution in [0.3, 0.4) is 0 Å². The topological polar surface area (TPSA) is 281 Å². The molecule has 71 heavy (non-hydrogen) atoms. The first kappa shape index (κ1) is 73.5. The molecule has 0 rings (SSSR count). The second-order valence-corrected chi connectivity index (χ2v) is 17.6. The molecule has 18 nitrogen and oxygen atoms in total. The molecule has 0 bridgehead atoms. The van der Waals surface area contributed by atoms with Crippen molar-refractivity contribution >= 4 is 63.0 Å². The third-order valence-electron chi connectivity index (χ3n) is 11.4. The lowest BCUT2D eigenvalue weighted by Gasteiger charge is -2.18. The summed E-state index contributed by atoms with van der Waals surface area (Å²) in [7, 11) is 13.5. The Hall–Kier alpha value is -4.03. The normalized spacial score (nSPS) is 12.2. The second-order valence-electron chi connectivity index (χ2n) is 17.6. The summed E-state index contributed by atoms with van der Waals surface area (Å²) in [6, 6.07) is -2.71. The minimum Gasteiger partial charge on any atom is -0.481 e. The maximum atomic E-state index is 12.7. The van der Waals surface area contributed by atoms with E-state index in [1.54, 1.807) is 27.9 Å². The molecule has 0 aliphatic heterocycles. The molecule has 4 atom stereocenters. The van der Waals surface area contributed by atoms with Gasteiger partial charge in [-0.2, -0.15) is 0 Å².